The quantitative estimate of drug-likeness (QED) is 0.788. The van der Waals surface area contributed by atoms with Crippen molar-refractivity contribution in [1.29, 1.82) is 0 Å². The van der Waals surface area contributed by atoms with Gasteiger partial charge in [-0.3, -0.25) is 0 Å². The molecule has 0 aliphatic carbocycles. The van der Waals surface area contributed by atoms with Crippen molar-refractivity contribution in [2.45, 2.75) is 19.2 Å². The Kier molecular flexibility index (Phi) is 3.41. The number of carbonyl (C=O) groups is 1. The Balaban J connectivity index is 2.87. The molecule has 3 nitrogen and oxygen atoms in total. The van der Waals surface area contributed by atoms with Crippen LogP contribution in [0, 0.1) is 0 Å². The molecule has 1 atom stereocenters. The first-order valence-electron chi connectivity index (χ1n) is 4.35. The van der Waals surface area contributed by atoms with Crippen molar-refractivity contribution in [1.82, 2.24) is 0 Å². The number of carbonyl (C=O) groups excluding carboxylic acids is 1. The van der Waals surface area contributed by atoms with Gasteiger partial charge in [-0.25, -0.2) is 0 Å². The molecule has 0 N–H and O–H groups in total. The maximum Gasteiger partial charge on any atom is 0.416 e. The van der Waals surface area contributed by atoms with Crippen LogP contribution in [-0.2, 0) is 11.0 Å². The van der Waals surface area contributed by atoms with E-state index >= 15 is 0 Å². The molecular weight excluding hydrogens is 225 g/mol. The number of carboxylic acid groups (broad SMARTS) is 1. The molecule has 0 aromatic heterocycles. The van der Waals surface area contributed by atoms with Gasteiger partial charge in [-0.15, -0.1) is 0 Å². The van der Waals surface area contributed by atoms with E-state index in [0.29, 0.717) is 0 Å². The zero-order valence-corrected chi connectivity index (χ0v) is 8.25. The first kappa shape index (κ1) is 12.4. The number of rotatable bonds is 3. The summed E-state index contributed by atoms with van der Waals surface area (Å²) >= 11 is 0. The fourth-order valence-corrected chi connectivity index (χ4v) is 0.998. The molecular formula is C10H8F3O3-. The van der Waals surface area contributed by atoms with Crippen LogP contribution in [0.5, 0.6) is 5.75 Å². The van der Waals surface area contributed by atoms with Gasteiger partial charge in [0.1, 0.15) is 11.9 Å². The Morgan fingerprint density at radius 1 is 1.44 bits per heavy atom. The fraction of sp³-hybridized carbons (Fsp3) is 0.300. The number of hydrogen-bond acceptors (Lipinski definition) is 3. The highest BCUT2D eigenvalue weighted by Crippen LogP contribution is 2.31. The van der Waals surface area contributed by atoms with E-state index in [2.05, 4.69) is 0 Å². The van der Waals surface area contributed by atoms with E-state index in [1.54, 1.807) is 0 Å². The predicted molar refractivity (Wildman–Crippen MR) is 46.5 cm³/mol. The summed E-state index contributed by atoms with van der Waals surface area (Å²) < 4.78 is 41.6. The summed E-state index contributed by atoms with van der Waals surface area (Å²) in [5, 5.41) is 10.3. The summed E-state index contributed by atoms with van der Waals surface area (Å²) in [6.07, 6.45) is -5.78. The van der Waals surface area contributed by atoms with Crippen molar-refractivity contribution < 1.29 is 27.8 Å². The molecule has 1 aromatic rings. The van der Waals surface area contributed by atoms with Crippen LogP contribution < -0.4 is 9.84 Å². The van der Waals surface area contributed by atoms with Crippen LogP contribution in [0.1, 0.15) is 12.5 Å². The third-order valence-electron chi connectivity index (χ3n) is 1.81. The molecule has 0 saturated carbocycles. The number of halogens is 3. The summed E-state index contributed by atoms with van der Waals surface area (Å²) in [5.41, 5.74) is -0.893. The van der Waals surface area contributed by atoms with E-state index in [1.807, 2.05) is 0 Å². The topological polar surface area (TPSA) is 49.4 Å². The van der Waals surface area contributed by atoms with Crippen molar-refractivity contribution in [3.05, 3.63) is 29.8 Å². The second-order valence-corrected chi connectivity index (χ2v) is 3.10. The van der Waals surface area contributed by atoms with Crippen molar-refractivity contribution in [3.8, 4) is 5.75 Å². The van der Waals surface area contributed by atoms with Gasteiger partial charge in [0, 0.05) is 0 Å². The maximum atomic E-state index is 12.3. The highest BCUT2D eigenvalue weighted by atomic mass is 19.4. The molecule has 0 heterocycles. The highest BCUT2D eigenvalue weighted by Gasteiger charge is 2.30. The Morgan fingerprint density at radius 2 is 2.06 bits per heavy atom. The largest absolute Gasteiger partial charge is 0.546 e. The van der Waals surface area contributed by atoms with Crippen LogP contribution in [0.3, 0.4) is 0 Å². The lowest BCUT2D eigenvalue weighted by molar-refractivity contribution is -0.312. The van der Waals surface area contributed by atoms with E-state index in [9.17, 15) is 23.1 Å². The molecule has 0 bridgehead atoms. The summed E-state index contributed by atoms with van der Waals surface area (Å²) in [5.74, 6) is -1.65. The molecule has 1 unspecified atom stereocenters. The first-order valence-corrected chi connectivity index (χ1v) is 4.35. The first-order chi connectivity index (χ1) is 7.30. The Bertz CT molecular complexity index is 387. The van der Waals surface area contributed by atoms with Gasteiger partial charge in [0.15, 0.2) is 0 Å². The molecule has 0 aliphatic heterocycles. The van der Waals surface area contributed by atoms with Crippen LogP contribution in [0.15, 0.2) is 24.3 Å². The van der Waals surface area contributed by atoms with Crippen molar-refractivity contribution in [2.24, 2.45) is 0 Å². The lowest BCUT2D eigenvalue weighted by Gasteiger charge is -2.16. The van der Waals surface area contributed by atoms with Crippen molar-refractivity contribution in [3.63, 3.8) is 0 Å². The molecule has 0 aliphatic rings. The smallest absolute Gasteiger partial charge is 0.416 e. The number of alkyl halides is 3. The third-order valence-corrected chi connectivity index (χ3v) is 1.81. The van der Waals surface area contributed by atoms with E-state index in [0.717, 1.165) is 18.2 Å². The minimum Gasteiger partial charge on any atom is -0.546 e. The standard InChI is InChI=1S/C10H9F3O3/c1-6(9(14)15)16-8-4-2-3-7(5-8)10(11,12)13/h2-6H,1H3,(H,14,15)/p-1. The molecule has 6 heteroatoms. The second-order valence-electron chi connectivity index (χ2n) is 3.10. The molecule has 88 valence electrons. The molecule has 0 amide bonds. The van der Waals surface area contributed by atoms with Crippen LogP contribution in [-0.4, -0.2) is 12.1 Å². The molecule has 1 rings (SSSR count). The van der Waals surface area contributed by atoms with Crippen LogP contribution in [0.4, 0.5) is 13.2 Å². The zero-order chi connectivity index (χ0) is 12.3. The summed E-state index contributed by atoms with van der Waals surface area (Å²) in [6.45, 7) is 1.18. The van der Waals surface area contributed by atoms with E-state index in [1.165, 1.54) is 13.0 Å². The average molecular weight is 233 g/mol. The summed E-state index contributed by atoms with van der Waals surface area (Å²) in [6, 6.07) is 3.99. The van der Waals surface area contributed by atoms with Gasteiger partial charge in [-0.2, -0.15) is 13.2 Å². The Hall–Kier alpha value is -1.72. The van der Waals surface area contributed by atoms with Crippen molar-refractivity contribution in [2.75, 3.05) is 0 Å². The fourth-order valence-electron chi connectivity index (χ4n) is 0.998. The number of hydrogen-bond donors (Lipinski definition) is 0. The lowest BCUT2D eigenvalue weighted by atomic mass is 10.2. The van der Waals surface area contributed by atoms with Gasteiger partial charge in [-0.1, -0.05) is 6.07 Å². The van der Waals surface area contributed by atoms with Gasteiger partial charge in [-0.05, 0) is 25.1 Å². The monoisotopic (exact) mass is 233 g/mol. The van der Waals surface area contributed by atoms with Gasteiger partial charge in [0.25, 0.3) is 0 Å². The molecule has 1 aromatic carbocycles. The number of benzene rings is 1. The molecule has 16 heavy (non-hydrogen) atoms. The van der Waals surface area contributed by atoms with Gasteiger partial charge >= 0.3 is 6.18 Å². The number of ether oxygens (including phenoxy) is 1. The van der Waals surface area contributed by atoms with Gasteiger partial charge in [0.05, 0.1) is 11.5 Å². The van der Waals surface area contributed by atoms with Crippen molar-refractivity contribution >= 4 is 5.97 Å². The highest BCUT2D eigenvalue weighted by molar-refractivity contribution is 5.69. The minimum absolute atomic E-state index is 0.161. The second kappa shape index (κ2) is 4.42. The van der Waals surface area contributed by atoms with E-state index in [4.69, 9.17) is 4.74 Å². The van der Waals surface area contributed by atoms with Crippen LogP contribution in [0.25, 0.3) is 0 Å². The summed E-state index contributed by atoms with van der Waals surface area (Å²) in [4.78, 5) is 10.3. The van der Waals surface area contributed by atoms with Crippen LogP contribution >= 0.6 is 0 Å². The van der Waals surface area contributed by atoms with E-state index < -0.39 is 23.8 Å². The van der Waals surface area contributed by atoms with Gasteiger partial charge in [0.2, 0.25) is 0 Å². The molecule has 0 spiro atoms. The van der Waals surface area contributed by atoms with Gasteiger partial charge < -0.3 is 14.6 Å². The Labute approximate surface area is 89.5 Å². The zero-order valence-electron chi connectivity index (χ0n) is 8.25. The SMILES string of the molecule is CC(Oc1cccc(C(F)(F)F)c1)C(=O)[O-]. The summed E-state index contributed by atoms with van der Waals surface area (Å²) in [7, 11) is 0. The number of aliphatic carboxylic acids is 1. The maximum absolute atomic E-state index is 12.3. The Morgan fingerprint density at radius 3 is 2.56 bits per heavy atom. The third kappa shape index (κ3) is 3.15. The number of carboxylic acids is 1. The molecule has 0 fully saturated rings. The van der Waals surface area contributed by atoms with E-state index in [-0.39, 0.29) is 5.75 Å². The van der Waals surface area contributed by atoms with Crippen LogP contribution in [0.2, 0.25) is 0 Å². The molecule has 0 saturated heterocycles. The molecule has 0 radical (unpaired) electrons. The normalized spacial score (nSPS) is 13.2. The predicted octanol–water partition coefficient (Wildman–Crippen LogP) is 1.22. The minimum atomic E-state index is -4.48. The average Bonchev–Trinajstić information content (AvgIpc) is 2.16. The lowest BCUT2D eigenvalue weighted by Crippen LogP contribution is -2.37.